The lowest BCUT2D eigenvalue weighted by atomic mass is 9.70. The lowest BCUT2D eigenvalue weighted by molar-refractivity contribution is 0.0214. The van der Waals surface area contributed by atoms with Crippen LogP contribution < -0.4 is 0 Å². The largest absolute Gasteiger partial charge is 0.465 e. The SMILES string of the molecule is C[C@@H]1CN(C(=O)O)[C@](c2ncc(I)[nH]2)(C(C)(C)C)C1.Ic1ncc[nH]1. The van der Waals surface area contributed by atoms with Crippen molar-refractivity contribution in [3.63, 3.8) is 0 Å². The van der Waals surface area contributed by atoms with Gasteiger partial charge in [-0.25, -0.2) is 14.8 Å². The predicted octanol–water partition coefficient (Wildman–Crippen LogP) is 4.29. The predicted molar refractivity (Wildman–Crippen MR) is 112 cm³/mol. The number of aromatic amines is 2. The molecule has 1 saturated heterocycles. The summed E-state index contributed by atoms with van der Waals surface area (Å²) in [7, 11) is 0. The van der Waals surface area contributed by atoms with Crippen molar-refractivity contribution < 1.29 is 9.90 Å². The van der Waals surface area contributed by atoms with Gasteiger partial charge in [-0.3, -0.25) is 4.90 Å². The number of nitrogens with one attached hydrogen (secondary N) is 2. The highest BCUT2D eigenvalue weighted by Gasteiger charge is 2.57. The van der Waals surface area contributed by atoms with Gasteiger partial charge < -0.3 is 15.1 Å². The summed E-state index contributed by atoms with van der Waals surface area (Å²) in [6.07, 6.45) is 5.20. The van der Waals surface area contributed by atoms with Crippen LogP contribution >= 0.6 is 45.2 Å². The summed E-state index contributed by atoms with van der Waals surface area (Å²) in [5.74, 6) is 1.09. The molecule has 0 radical (unpaired) electrons. The molecule has 2 aromatic rings. The zero-order valence-electron chi connectivity index (χ0n) is 14.7. The molecule has 3 N–H and O–H groups in total. The van der Waals surface area contributed by atoms with Crippen LogP contribution in [0.3, 0.4) is 0 Å². The number of aromatic nitrogens is 4. The maximum atomic E-state index is 11.7. The summed E-state index contributed by atoms with van der Waals surface area (Å²) >= 11 is 4.28. The van der Waals surface area contributed by atoms with E-state index in [0.29, 0.717) is 12.5 Å². The standard InChI is InChI=1S/C13H20IN3O2.C3H3IN2/c1-8-5-13(12(2,3)4,17(7-8)11(18)19)10-15-6-9(14)16-10;4-3-5-1-2-6-3/h6,8H,5,7H2,1-4H3,(H,15,16)(H,18,19);1-2H,(H,5,6)/t8-,13+;/m0./s1. The summed E-state index contributed by atoms with van der Waals surface area (Å²) in [5.41, 5.74) is -0.807. The summed E-state index contributed by atoms with van der Waals surface area (Å²) in [4.78, 5) is 27.6. The quantitative estimate of drug-likeness (QED) is 0.446. The molecule has 0 saturated carbocycles. The third-order valence-electron chi connectivity index (χ3n) is 4.47. The minimum Gasteiger partial charge on any atom is -0.465 e. The second kappa shape index (κ2) is 7.80. The zero-order valence-corrected chi connectivity index (χ0v) is 19.0. The minimum atomic E-state index is -0.870. The Morgan fingerprint density at radius 3 is 2.44 bits per heavy atom. The lowest BCUT2D eigenvalue weighted by Gasteiger charge is -2.45. The fourth-order valence-electron chi connectivity index (χ4n) is 3.43. The number of rotatable bonds is 1. The molecule has 0 bridgehead atoms. The highest BCUT2D eigenvalue weighted by atomic mass is 127. The third kappa shape index (κ3) is 4.29. The van der Waals surface area contributed by atoms with Crippen molar-refractivity contribution in [2.45, 2.75) is 39.7 Å². The Morgan fingerprint density at radius 1 is 1.40 bits per heavy atom. The number of H-pyrrole nitrogens is 2. The van der Waals surface area contributed by atoms with Gasteiger partial charge in [0.1, 0.15) is 11.4 Å². The highest BCUT2D eigenvalue weighted by Crippen LogP contribution is 2.51. The molecule has 1 amide bonds. The number of imidazole rings is 2. The number of halogens is 2. The van der Waals surface area contributed by atoms with Gasteiger partial charge in [-0.15, -0.1) is 0 Å². The van der Waals surface area contributed by atoms with E-state index in [0.717, 1.165) is 19.8 Å². The molecule has 9 heteroatoms. The summed E-state index contributed by atoms with van der Waals surface area (Å²) in [6.45, 7) is 8.89. The molecule has 3 rings (SSSR count). The van der Waals surface area contributed by atoms with Crippen LogP contribution in [0.4, 0.5) is 4.79 Å². The van der Waals surface area contributed by atoms with Gasteiger partial charge in [0.2, 0.25) is 0 Å². The van der Waals surface area contributed by atoms with Crippen LogP contribution in [0.1, 0.15) is 39.9 Å². The van der Waals surface area contributed by atoms with Crippen molar-refractivity contribution in [3.05, 3.63) is 31.9 Å². The molecule has 2 aromatic heterocycles. The number of carbonyl (C=O) groups is 1. The Labute approximate surface area is 174 Å². The smallest absolute Gasteiger partial charge is 0.408 e. The molecule has 0 aliphatic carbocycles. The van der Waals surface area contributed by atoms with E-state index in [9.17, 15) is 9.90 Å². The first-order chi connectivity index (χ1) is 11.6. The topological polar surface area (TPSA) is 97.9 Å². The van der Waals surface area contributed by atoms with Gasteiger partial charge in [0.05, 0.1) is 9.90 Å². The summed E-state index contributed by atoms with van der Waals surface area (Å²) in [6, 6.07) is 0. The van der Waals surface area contributed by atoms with E-state index in [-0.39, 0.29) is 5.41 Å². The van der Waals surface area contributed by atoms with Gasteiger partial charge in [0.15, 0.2) is 3.83 Å². The van der Waals surface area contributed by atoms with Crippen molar-refractivity contribution in [2.24, 2.45) is 11.3 Å². The number of hydrogen-bond donors (Lipinski definition) is 3. The Morgan fingerprint density at radius 2 is 2.08 bits per heavy atom. The molecule has 2 atom stereocenters. The fraction of sp³-hybridized carbons (Fsp3) is 0.562. The number of amides is 1. The molecule has 1 aliphatic rings. The van der Waals surface area contributed by atoms with E-state index in [1.54, 1.807) is 23.5 Å². The van der Waals surface area contributed by atoms with Crippen LogP contribution in [0, 0.1) is 18.9 Å². The monoisotopic (exact) mass is 571 g/mol. The molecule has 0 unspecified atom stereocenters. The van der Waals surface area contributed by atoms with Crippen molar-refractivity contribution in [3.8, 4) is 0 Å². The fourth-order valence-corrected chi connectivity index (χ4v) is 4.17. The molecule has 1 aliphatic heterocycles. The van der Waals surface area contributed by atoms with Crippen LogP contribution in [0.15, 0.2) is 18.6 Å². The third-order valence-corrected chi connectivity index (χ3v) is 5.61. The maximum absolute atomic E-state index is 11.7. The van der Waals surface area contributed by atoms with Crippen molar-refractivity contribution in [2.75, 3.05) is 6.54 Å². The van der Waals surface area contributed by atoms with Gasteiger partial charge in [0, 0.05) is 18.9 Å². The van der Waals surface area contributed by atoms with Crippen molar-refractivity contribution >= 4 is 51.3 Å². The van der Waals surface area contributed by atoms with E-state index in [2.05, 4.69) is 92.8 Å². The van der Waals surface area contributed by atoms with E-state index in [4.69, 9.17) is 0 Å². The second-order valence-corrected chi connectivity index (χ2v) is 9.46. The van der Waals surface area contributed by atoms with Crippen LogP contribution in [0.2, 0.25) is 0 Å². The summed E-state index contributed by atoms with van der Waals surface area (Å²) < 4.78 is 1.87. The number of nitrogens with zero attached hydrogens (tertiary/aromatic N) is 3. The minimum absolute atomic E-state index is 0.225. The zero-order chi connectivity index (χ0) is 18.8. The van der Waals surface area contributed by atoms with Crippen LogP contribution in [0.5, 0.6) is 0 Å². The molecular weight excluding hydrogens is 548 g/mol. The number of hydrogen-bond acceptors (Lipinski definition) is 3. The van der Waals surface area contributed by atoms with Gasteiger partial charge in [-0.1, -0.05) is 27.7 Å². The first-order valence-electron chi connectivity index (χ1n) is 7.94. The molecule has 25 heavy (non-hydrogen) atoms. The molecule has 3 heterocycles. The van der Waals surface area contributed by atoms with E-state index < -0.39 is 11.6 Å². The molecule has 7 nitrogen and oxygen atoms in total. The van der Waals surface area contributed by atoms with Gasteiger partial charge in [-0.2, -0.15) is 0 Å². The molecular formula is C16H23I2N5O2. The molecule has 138 valence electrons. The number of likely N-dealkylation sites (tertiary alicyclic amines) is 1. The summed E-state index contributed by atoms with van der Waals surface area (Å²) in [5, 5.41) is 9.58. The normalized spacial score (nSPS) is 23.3. The van der Waals surface area contributed by atoms with Crippen molar-refractivity contribution in [1.82, 2.24) is 24.8 Å². The first kappa shape index (κ1) is 20.5. The average molecular weight is 571 g/mol. The first-order valence-corrected chi connectivity index (χ1v) is 10.1. The Balaban J connectivity index is 0.000000316. The van der Waals surface area contributed by atoms with Gasteiger partial charge >= 0.3 is 6.09 Å². The Hall–Kier alpha value is -0.850. The average Bonchev–Trinajstić information content (AvgIpc) is 3.19. The van der Waals surface area contributed by atoms with E-state index >= 15 is 0 Å². The second-order valence-electron chi connectivity index (χ2n) is 7.27. The van der Waals surface area contributed by atoms with Crippen LogP contribution in [-0.2, 0) is 5.54 Å². The highest BCUT2D eigenvalue weighted by molar-refractivity contribution is 14.1. The van der Waals surface area contributed by atoms with E-state index in [1.165, 1.54) is 0 Å². The maximum Gasteiger partial charge on any atom is 0.408 e. The molecule has 1 fully saturated rings. The van der Waals surface area contributed by atoms with E-state index in [1.807, 2.05) is 0 Å². The Kier molecular flexibility index (Phi) is 6.39. The molecule has 0 aromatic carbocycles. The van der Waals surface area contributed by atoms with Gasteiger partial charge in [-0.05, 0) is 62.9 Å². The molecule has 0 spiro atoms. The van der Waals surface area contributed by atoms with Crippen LogP contribution in [0.25, 0.3) is 0 Å². The Bertz CT molecular complexity index is 710. The van der Waals surface area contributed by atoms with Crippen LogP contribution in [-0.4, -0.2) is 42.6 Å². The van der Waals surface area contributed by atoms with Gasteiger partial charge in [0.25, 0.3) is 0 Å². The lowest BCUT2D eigenvalue weighted by Crippen LogP contribution is -2.53. The number of carboxylic acid groups (broad SMARTS) is 1. The van der Waals surface area contributed by atoms with Crippen molar-refractivity contribution in [1.29, 1.82) is 0 Å².